The zero-order valence-electron chi connectivity index (χ0n) is 13.3. The van der Waals surface area contributed by atoms with Crippen LogP contribution in [0.5, 0.6) is 0 Å². The molecule has 0 aliphatic rings. The molecule has 6 heteroatoms. The van der Waals surface area contributed by atoms with Gasteiger partial charge in [-0.2, -0.15) is 0 Å². The van der Waals surface area contributed by atoms with Gasteiger partial charge in [-0.05, 0) is 30.7 Å². The molecule has 0 radical (unpaired) electrons. The lowest BCUT2D eigenvalue weighted by atomic mass is 10.2. The number of carbonyl (C=O) groups excluding carboxylic acids is 2. The molecule has 0 fully saturated rings. The van der Waals surface area contributed by atoms with E-state index in [2.05, 4.69) is 5.32 Å². The monoisotopic (exact) mass is 363 g/mol. The molecule has 2 rings (SSSR count). The Bertz CT molecular complexity index is 707. The summed E-state index contributed by atoms with van der Waals surface area (Å²) in [7, 11) is 0. The van der Waals surface area contributed by atoms with Crippen molar-refractivity contribution >= 4 is 40.9 Å². The van der Waals surface area contributed by atoms with Gasteiger partial charge in [-0.1, -0.05) is 41.9 Å². The predicted octanol–water partition coefficient (Wildman–Crippen LogP) is 4.39. The van der Waals surface area contributed by atoms with E-state index >= 15 is 0 Å². The summed E-state index contributed by atoms with van der Waals surface area (Å²) in [6, 6.07) is 14.6. The smallest absolute Gasteiger partial charge is 0.338 e. The number of thioether (sulfide) groups is 1. The Balaban J connectivity index is 1.86. The van der Waals surface area contributed by atoms with Gasteiger partial charge in [-0.3, -0.25) is 4.79 Å². The van der Waals surface area contributed by atoms with Crippen LogP contribution in [-0.4, -0.2) is 24.2 Å². The van der Waals surface area contributed by atoms with Gasteiger partial charge in [0, 0.05) is 5.75 Å². The molecule has 0 unspecified atom stereocenters. The van der Waals surface area contributed by atoms with E-state index in [0.29, 0.717) is 28.6 Å². The first-order valence-electron chi connectivity index (χ1n) is 7.48. The van der Waals surface area contributed by atoms with E-state index in [1.807, 2.05) is 30.3 Å². The fraction of sp³-hybridized carbons (Fsp3) is 0.222. The van der Waals surface area contributed by atoms with Crippen molar-refractivity contribution in [2.45, 2.75) is 12.7 Å². The number of rotatable bonds is 7. The Hall–Kier alpha value is -1.98. The number of esters is 1. The van der Waals surface area contributed by atoms with Crippen molar-refractivity contribution in [3.05, 3.63) is 64.7 Å². The van der Waals surface area contributed by atoms with Crippen LogP contribution < -0.4 is 5.32 Å². The molecule has 126 valence electrons. The van der Waals surface area contributed by atoms with Crippen molar-refractivity contribution in [1.29, 1.82) is 0 Å². The molecule has 0 saturated heterocycles. The Kier molecular flexibility index (Phi) is 7.15. The maximum Gasteiger partial charge on any atom is 0.338 e. The lowest BCUT2D eigenvalue weighted by molar-refractivity contribution is -0.113. The number of amides is 1. The molecule has 24 heavy (non-hydrogen) atoms. The highest BCUT2D eigenvalue weighted by molar-refractivity contribution is 7.99. The van der Waals surface area contributed by atoms with E-state index in [1.165, 1.54) is 23.4 Å². The molecule has 0 spiro atoms. The molecule has 1 amide bonds. The fourth-order valence-corrected chi connectivity index (χ4v) is 3.00. The van der Waals surface area contributed by atoms with Crippen LogP contribution in [0.25, 0.3) is 0 Å². The number of nitrogens with one attached hydrogen (secondary N) is 1. The molecular weight excluding hydrogens is 346 g/mol. The molecule has 0 aliphatic heterocycles. The molecule has 2 aromatic rings. The molecule has 1 N–H and O–H groups in total. The first-order valence-corrected chi connectivity index (χ1v) is 9.01. The van der Waals surface area contributed by atoms with E-state index in [1.54, 1.807) is 19.1 Å². The van der Waals surface area contributed by atoms with Gasteiger partial charge in [0.05, 0.1) is 28.6 Å². The van der Waals surface area contributed by atoms with Gasteiger partial charge >= 0.3 is 5.97 Å². The van der Waals surface area contributed by atoms with Gasteiger partial charge in [0.15, 0.2) is 0 Å². The number of hydrogen-bond donors (Lipinski definition) is 1. The molecule has 0 saturated carbocycles. The van der Waals surface area contributed by atoms with Gasteiger partial charge in [0.2, 0.25) is 5.91 Å². The third-order valence-corrected chi connectivity index (χ3v) is 4.42. The van der Waals surface area contributed by atoms with Gasteiger partial charge < -0.3 is 10.1 Å². The number of ether oxygens (including phenoxy) is 1. The van der Waals surface area contributed by atoms with Gasteiger partial charge in [-0.15, -0.1) is 11.8 Å². The third kappa shape index (κ3) is 5.58. The normalized spacial score (nSPS) is 10.2. The van der Waals surface area contributed by atoms with Crippen LogP contribution >= 0.6 is 23.4 Å². The lowest BCUT2D eigenvalue weighted by Crippen LogP contribution is -2.15. The van der Waals surface area contributed by atoms with Crippen molar-refractivity contribution in [3.8, 4) is 0 Å². The third-order valence-electron chi connectivity index (χ3n) is 3.10. The Morgan fingerprint density at radius 1 is 1.17 bits per heavy atom. The first-order chi connectivity index (χ1) is 11.6. The summed E-state index contributed by atoms with van der Waals surface area (Å²) in [6.45, 7) is 2.04. The van der Waals surface area contributed by atoms with Crippen LogP contribution in [0.4, 0.5) is 5.69 Å². The summed E-state index contributed by atoms with van der Waals surface area (Å²) in [6.07, 6.45) is 0. The number of anilines is 1. The van der Waals surface area contributed by atoms with E-state index in [-0.39, 0.29) is 5.91 Å². The largest absolute Gasteiger partial charge is 0.462 e. The second-order valence-corrected chi connectivity index (χ2v) is 6.33. The van der Waals surface area contributed by atoms with Crippen LogP contribution in [0.2, 0.25) is 5.02 Å². The Morgan fingerprint density at radius 3 is 2.58 bits per heavy atom. The van der Waals surface area contributed by atoms with Crippen molar-refractivity contribution in [2.75, 3.05) is 17.7 Å². The predicted molar refractivity (Wildman–Crippen MR) is 98.6 cm³/mol. The number of benzene rings is 2. The summed E-state index contributed by atoms with van der Waals surface area (Å²) in [4.78, 5) is 23.6. The number of carbonyl (C=O) groups is 2. The number of hydrogen-bond acceptors (Lipinski definition) is 4. The van der Waals surface area contributed by atoms with Crippen LogP contribution in [0, 0.1) is 0 Å². The summed E-state index contributed by atoms with van der Waals surface area (Å²) >= 11 is 7.64. The number of halogens is 1. The molecule has 0 aliphatic carbocycles. The van der Waals surface area contributed by atoms with E-state index in [0.717, 1.165) is 5.75 Å². The van der Waals surface area contributed by atoms with Crippen LogP contribution in [0.1, 0.15) is 22.8 Å². The van der Waals surface area contributed by atoms with Crippen molar-refractivity contribution in [1.82, 2.24) is 0 Å². The van der Waals surface area contributed by atoms with Gasteiger partial charge in [-0.25, -0.2) is 4.79 Å². The quantitative estimate of drug-likeness (QED) is 0.741. The minimum Gasteiger partial charge on any atom is -0.462 e. The van der Waals surface area contributed by atoms with Crippen molar-refractivity contribution in [2.24, 2.45) is 0 Å². The second kappa shape index (κ2) is 9.35. The topological polar surface area (TPSA) is 55.4 Å². The van der Waals surface area contributed by atoms with E-state index < -0.39 is 5.97 Å². The van der Waals surface area contributed by atoms with Crippen molar-refractivity contribution in [3.63, 3.8) is 0 Å². The lowest BCUT2D eigenvalue weighted by Gasteiger charge is -2.09. The summed E-state index contributed by atoms with van der Waals surface area (Å²) in [5.41, 5.74) is 2.01. The highest BCUT2D eigenvalue weighted by atomic mass is 35.5. The molecule has 2 aromatic carbocycles. The first kappa shape index (κ1) is 18.4. The SMILES string of the molecule is CCOC(=O)c1ccc(NC(=O)CSCc2ccccc2)c(Cl)c1. The molecule has 0 atom stereocenters. The zero-order chi connectivity index (χ0) is 17.4. The average Bonchev–Trinajstić information content (AvgIpc) is 2.58. The van der Waals surface area contributed by atoms with Crippen LogP contribution in [0.3, 0.4) is 0 Å². The molecular formula is C18H18ClNO3S. The highest BCUT2D eigenvalue weighted by Gasteiger charge is 2.11. The molecule has 0 aromatic heterocycles. The maximum atomic E-state index is 12.0. The van der Waals surface area contributed by atoms with E-state index in [9.17, 15) is 9.59 Å². The summed E-state index contributed by atoms with van der Waals surface area (Å²) in [5.74, 6) is 0.520. The Labute approximate surface area is 150 Å². The van der Waals surface area contributed by atoms with Crippen LogP contribution in [0.15, 0.2) is 48.5 Å². The highest BCUT2D eigenvalue weighted by Crippen LogP contribution is 2.24. The Morgan fingerprint density at radius 2 is 1.92 bits per heavy atom. The van der Waals surface area contributed by atoms with Crippen molar-refractivity contribution < 1.29 is 14.3 Å². The average molecular weight is 364 g/mol. The molecule has 4 nitrogen and oxygen atoms in total. The summed E-state index contributed by atoms with van der Waals surface area (Å²) < 4.78 is 4.91. The fourth-order valence-electron chi connectivity index (χ4n) is 1.98. The molecule has 0 heterocycles. The molecule has 0 bridgehead atoms. The minimum absolute atomic E-state index is 0.137. The van der Waals surface area contributed by atoms with Gasteiger partial charge in [0.25, 0.3) is 0 Å². The second-order valence-electron chi connectivity index (χ2n) is 4.94. The summed E-state index contributed by atoms with van der Waals surface area (Å²) in [5, 5.41) is 3.06. The maximum absolute atomic E-state index is 12.0. The van der Waals surface area contributed by atoms with Gasteiger partial charge in [0.1, 0.15) is 0 Å². The zero-order valence-corrected chi connectivity index (χ0v) is 14.8. The minimum atomic E-state index is -0.435. The van der Waals surface area contributed by atoms with E-state index in [4.69, 9.17) is 16.3 Å². The van der Waals surface area contributed by atoms with Crippen LogP contribution in [-0.2, 0) is 15.3 Å². The standard InChI is InChI=1S/C18H18ClNO3S/c1-2-23-18(22)14-8-9-16(15(19)10-14)20-17(21)12-24-11-13-6-4-3-5-7-13/h3-10H,2,11-12H2,1H3,(H,20,21).